The molecule has 1 heterocycles. The van der Waals surface area contributed by atoms with E-state index in [4.69, 9.17) is 4.74 Å². The van der Waals surface area contributed by atoms with E-state index in [2.05, 4.69) is 48.1 Å². The van der Waals surface area contributed by atoms with Crippen LogP contribution in [0.4, 0.5) is 0 Å². The van der Waals surface area contributed by atoms with E-state index in [-0.39, 0.29) is 17.7 Å². The van der Waals surface area contributed by atoms with E-state index in [1.807, 2.05) is 24.3 Å². The highest BCUT2D eigenvalue weighted by molar-refractivity contribution is 5.82. The summed E-state index contributed by atoms with van der Waals surface area (Å²) in [5.41, 5.74) is 7.37. The summed E-state index contributed by atoms with van der Waals surface area (Å²) in [4.78, 5) is 12.7. The summed E-state index contributed by atoms with van der Waals surface area (Å²) < 4.78 is 5.41. The van der Waals surface area contributed by atoms with Gasteiger partial charge in [-0.3, -0.25) is 4.79 Å². The Balaban J connectivity index is 1.51. The molecule has 2 unspecified atom stereocenters. The van der Waals surface area contributed by atoms with Crippen molar-refractivity contribution in [1.82, 2.24) is 10.6 Å². The largest absolute Gasteiger partial charge is 0.497 e. The Hall–Kier alpha value is -3.11. The number of rotatable bonds is 8. The smallest absolute Gasteiger partial charge is 0.224 e. The Morgan fingerprint density at radius 1 is 1.23 bits per heavy atom. The molecular weight excluding hydrogens is 384 g/mol. The first-order chi connectivity index (χ1) is 15.2. The second-order valence-corrected chi connectivity index (χ2v) is 8.16. The van der Waals surface area contributed by atoms with E-state index >= 15 is 0 Å². The second kappa shape index (κ2) is 9.36. The quantitative estimate of drug-likeness (QED) is 0.623. The zero-order valence-electron chi connectivity index (χ0n) is 18.1. The number of fused-ring (bicyclic) bond motifs is 1. The maximum atomic E-state index is 12.7. The molecule has 1 fully saturated rings. The zero-order chi connectivity index (χ0) is 21.8. The average Bonchev–Trinajstić information content (AvgIpc) is 3.61. The van der Waals surface area contributed by atoms with Crippen molar-refractivity contribution in [3.63, 3.8) is 0 Å². The maximum Gasteiger partial charge on any atom is 0.224 e. The van der Waals surface area contributed by atoms with Crippen LogP contribution in [0, 0.1) is 11.8 Å². The first-order valence-corrected chi connectivity index (χ1v) is 10.9. The molecule has 1 aliphatic carbocycles. The van der Waals surface area contributed by atoms with Gasteiger partial charge in [0.05, 0.1) is 7.11 Å². The summed E-state index contributed by atoms with van der Waals surface area (Å²) in [7, 11) is 1.69. The van der Waals surface area contributed by atoms with E-state index < -0.39 is 0 Å². The van der Waals surface area contributed by atoms with Gasteiger partial charge in [-0.25, -0.2) is 0 Å². The third-order valence-electron chi connectivity index (χ3n) is 6.32. The molecule has 2 atom stereocenters. The predicted octanol–water partition coefficient (Wildman–Crippen LogP) is 4.56. The van der Waals surface area contributed by atoms with Gasteiger partial charge in [-0.2, -0.15) is 0 Å². The number of carbonyl (C=O) groups is 1. The molecule has 0 aromatic heterocycles. The first-order valence-electron chi connectivity index (χ1n) is 10.9. The summed E-state index contributed by atoms with van der Waals surface area (Å²) in [6, 6.07) is 12.5. The Morgan fingerprint density at radius 2 is 2.10 bits per heavy atom. The standard InChI is InChI=1S/C27H30N2O2/c1-4-7-18(5-2)24-15-25(24)27(30)29-16-20-10-11-22(23-12-13-28-17-26(20)23)19-8-6-9-21(14-19)31-3/h4-11,14,24-25,28H,1-2,12-13,15-17H2,3H3,(H,29,30)/b18-7+. The minimum atomic E-state index is 0.0363. The van der Waals surface area contributed by atoms with Crippen LogP contribution < -0.4 is 15.4 Å². The number of benzene rings is 2. The number of hydrogen-bond acceptors (Lipinski definition) is 3. The molecule has 2 N–H and O–H groups in total. The Labute approximate surface area is 184 Å². The molecule has 160 valence electrons. The molecule has 4 heteroatoms. The summed E-state index contributed by atoms with van der Waals surface area (Å²) in [6.45, 7) is 9.95. The first kappa shape index (κ1) is 21.1. The Kier molecular flexibility index (Phi) is 6.38. The Morgan fingerprint density at radius 3 is 2.87 bits per heavy atom. The molecule has 2 aliphatic rings. The van der Waals surface area contributed by atoms with Crippen LogP contribution in [0.3, 0.4) is 0 Å². The highest BCUT2D eigenvalue weighted by Gasteiger charge is 2.44. The number of hydrogen-bond donors (Lipinski definition) is 2. The van der Waals surface area contributed by atoms with E-state index in [0.29, 0.717) is 6.54 Å². The lowest BCUT2D eigenvalue weighted by Gasteiger charge is -2.24. The maximum absolute atomic E-state index is 12.7. The van der Waals surface area contributed by atoms with Crippen LogP contribution in [0.15, 0.2) is 73.4 Å². The molecular formula is C27H30N2O2. The molecule has 4 rings (SSSR count). The van der Waals surface area contributed by atoms with Gasteiger partial charge in [0, 0.05) is 19.0 Å². The predicted molar refractivity (Wildman–Crippen MR) is 126 cm³/mol. The molecule has 31 heavy (non-hydrogen) atoms. The number of methoxy groups -OCH3 is 1. The highest BCUT2D eigenvalue weighted by Crippen LogP contribution is 2.44. The third-order valence-corrected chi connectivity index (χ3v) is 6.32. The number of nitrogens with one attached hydrogen (secondary N) is 2. The number of allylic oxidation sites excluding steroid dienone is 4. The van der Waals surface area contributed by atoms with Crippen LogP contribution in [-0.4, -0.2) is 19.6 Å². The van der Waals surface area contributed by atoms with Crippen molar-refractivity contribution < 1.29 is 9.53 Å². The molecule has 0 spiro atoms. The summed E-state index contributed by atoms with van der Waals surface area (Å²) in [5.74, 6) is 1.28. The fraction of sp³-hybridized carbons (Fsp3) is 0.296. The number of amides is 1. The van der Waals surface area contributed by atoms with Gasteiger partial charge in [0.2, 0.25) is 5.91 Å². The average molecular weight is 415 g/mol. The molecule has 1 aliphatic heterocycles. The molecule has 0 bridgehead atoms. The molecule has 2 aromatic rings. The lowest BCUT2D eigenvalue weighted by Crippen LogP contribution is -2.29. The summed E-state index contributed by atoms with van der Waals surface area (Å²) in [5, 5.41) is 6.65. The van der Waals surface area contributed by atoms with Gasteiger partial charge < -0.3 is 15.4 Å². The molecule has 2 aromatic carbocycles. The van der Waals surface area contributed by atoms with E-state index in [9.17, 15) is 4.79 Å². The van der Waals surface area contributed by atoms with Crippen LogP contribution in [0.5, 0.6) is 5.75 Å². The van der Waals surface area contributed by atoms with Crippen LogP contribution >= 0.6 is 0 Å². The van der Waals surface area contributed by atoms with Crippen molar-refractivity contribution >= 4 is 5.91 Å². The van der Waals surface area contributed by atoms with Gasteiger partial charge in [-0.05, 0) is 70.8 Å². The second-order valence-electron chi connectivity index (χ2n) is 8.16. The number of carbonyl (C=O) groups excluding carboxylic acids is 1. The van der Waals surface area contributed by atoms with Crippen molar-refractivity contribution in [2.75, 3.05) is 13.7 Å². The van der Waals surface area contributed by atoms with Gasteiger partial charge in [0.15, 0.2) is 0 Å². The monoisotopic (exact) mass is 414 g/mol. The van der Waals surface area contributed by atoms with Crippen LogP contribution in [0.25, 0.3) is 11.1 Å². The van der Waals surface area contributed by atoms with Gasteiger partial charge in [0.25, 0.3) is 0 Å². The minimum Gasteiger partial charge on any atom is -0.497 e. The fourth-order valence-electron chi connectivity index (χ4n) is 4.55. The van der Waals surface area contributed by atoms with Crippen LogP contribution in [0.1, 0.15) is 23.1 Å². The summed E-state index contributed by atoms with van der Waals surface area (Å²) >= 11 is 0. The molecule has 0 saturated heterocycles. The van der Waals surface area contributed by atoms with Crippen molar-refractivity contribution in [1.29, 1.82) is 0 Å². The topological polar surface area (TPSA) is 50.4 Å². The normalized spacial score (nSPS) is 19.8. The van der Waals surface area contributed by atoms with Crippen molar-refractivity contribution in [2.45, 2.75) is 25.9 Å². The van der Waals surface area contributed by atoms with Gasteiger partial charge in [0.1, 0.15) is 5.75 Å². The lowest BCUT2D eigenvalue weighted by molar-refractivity contribution is -0.122. The van der Waals surface area contributed by atoms with Crippen molar-refractivity contribution in [3.8, 4) is 16.9 Å². The molecule has 0 radical (unpaired) electrons. The van der Waals surface area contributed by atoms with Crippen LogP contribution in [0.2, 0.25) is 0 Å². The van der Waals surface area contributed by atoms with Crippen molar-refractivity contribution in [2.24, 2.45) is 11.8 Å². The van der Waals surface area contributed by atoms with Gasteiger partial charge in [-0.15, -0.1) is 0 Å². The minimum absolute atomic E-state index is 0.0363. The molecule has 1 amide bonds. The Bertz CT molecular complexity index is 1040. The third kappa shape index (κ3) is 4.49. The molecule has 4 nitrogen and oxygen atoms in total. The van der Waals surface area contributed by atoms with Gasteiger partial charge >= 0.3 is 0 Å². The van der Waals surface area contributed by atoms with Crippen molar-refractivity contribution in [3.05, 3.63) is 90.0 Å². The lowest BCUT2D eigenvalue weighted by atomic mass is 9.88. The van der Waals surface area contributed by atoms with E-state index in [1.165, 1.54) is 27.8 Å². The SMILES string of the molecule is C=C/C=C(\C=C)C1CC1C(=O)NCc1ccc(-c2cccc(OC)c2)c2c1CNCC2. The molecule has 1 saturated carbocycles. The van der Waals surface area contributed by atoms with E-state index in [1.54, 1.807) is 13.2 Å². The highest BCUT2D eigenvalue weighted by atomic mass is 16.5. The zero-order valence-corrected chi connectivity index (χ0v) is 18.1. The van der Waals surface area contributed by atoms with Gasteiger partial charge in [-0.1, -0.05) is 55.7 Å². The fourth-order valence-corrected chi connectivity index (χ4v) is 4.55. The number of ether oxygens (including phenoxy) is 1. The van der Waals surface area contributed by atoms with E-state index in [0.717, 1.165) is 37.3 Å². The van der Waals surface area contributed by atoms with Crippen LogP contribution in [-0.2, 0) is 24.3 Å². The summed E-state index contributed by atoms with van der Waals surface area (Å²) in [6.07, 6.45) is 7.39.